The highest BCUT2D eigenvalue weighted by Gasteiger charge is 2.35. The number of ether oxygens (including phenoxy) is 1. The van der Waals surface area contributed by atoms with Gasteiger partial charge in [-0.15, -0.1) is 0 Å². The smallest absolute Gasteiger partial charge is 0.337 e. The normalized spacial score (nSPS) is 12.7. The van der Waals surface area contributed by atoms with Crippen LogP contribution in [0.25, 0.3) is 0 Å². The van der Waals surface area contributed by atoms with Crippen molar-refractivity contribution in [2.75, 3.05) is 29.7 Å². The number of amides is 1. The first-order valence-corrected chi connectivity index (χ1v) is 9.49. The van der Waals surface area contributed by atoms with Crippen LogP contribution in [0.3, 0.4) is 0 Å². The summed E-state index contributed by atoms with van der Waals surface area (Å²) in [6, 6.07) is 7.40. The average molecular weight is 442 g/mol. The van der Waals surface area contributed by atoms with Crippen LogP contribution in [0.2, 0.25) is 5.02 Å². The molecule has 9 nitrogen and oxygen atoms in total. The van der Waals surface area contributed by atoms with Crippen molar-refractivity contribution in [2.24, 2.45) is 0 Å². The van der Waals surface area contributed by atoms with Crippen molar-refractivity contribution in [3.8, 4) is 5.75 Å². The summed E-state index contributed by atoms with van der Waals surface area (Å²) in [4.78, 5) is 50.0. The van der Waals surface area contributed by atoms with Gasteiger partial charge in [0.25, 0.3) is 16.8 Å². The van der Waals surface area contributed by atoms with E-state index in [2.05, 4.69) is 10.6 Å². The van der Waals surface area contributed by atoms with Crippen molar-refractivity contribution < 1.29 is 19.4 Å². The molecule has 0 unspecified atom stereocenters. The molecule has 0 saturated heterocycles. The fourth-order valence-electron chi connectivity index (χ4n) is 3.61. The Morgan fingerprint density at radius 1 is 1.13 bits per heavy atom. The number of carboxylic acids is 1. The second-order valence-electron chi connectivity index (χ2n) is 6.81. The van der Waals surface area contributed by atoms with Crippen LogP contribution in [-0.2, 0) is 6.54 Å². The predicted octanol–water partition coefficient (Wildman–Crippen LogP) is 2.59. The van der Waals surface area contributed by atoms with E-state index in [-0.39, 0.29) is 40.4 Å². The van der Waals surface area contributed by atoms with Gasteiger partial charge in [0.15, 0.2) is 0 Å². The van der Waals surface area contributed by atoms with Crippen molar-refractivity contribution in [3.05, 3.63) is 72.5 Å². The average Bonchev–Trinajstić information content (AvgIpc) is 3.12. The molecule has 0 atom stereocenters. The Hall–Kier alpha value is -3.85. The van der Waals surface area contributed by atoms with Crippen LogP contribution in [-0.4, -0.2) is 31.1 Å². The number of hydrogen-bond donors (Lipinski definition) is 3. The lowest BCUT2D eigenvalue weighted by Crippen LogP contribution is -2.36. The summed E-state index contributed by atoms with van der Waals surface area (Å²) in [5.41, 5.74) is -0.139. The van der Waals surface area contributed by atoms with Crippen LogP contribution < -0.4 is 31.1 Å². The molecule has 1 aliphatic heterocycles. The number of benzene rings is 2. The third kappa shape index (κ3) is 3.10. The number of carbonyl (C=O) groups is 2. The first-order chi connectivity index (χ1) is 14.8. The molecule has 0 aromatic heterocycles. The summed E-state index contributed by atoms with van der Waals surface area (Å²) in [7, 11) is 2.94. The number of halogens is 1. The molecule has 1 aliphatic rings. The second kappa shape index (κ2) is 7.44. The molecule has 3 aromatic carbocycles. The first kappa shape index (κ1) is 20.4. The Morgan fingerprint density at radius 3 is 2.48 bits per heavy atom. The summed E-state index contributed by atoms with van der Waals surface area (Å²) < 4.78 is 5.18. The highest BCUT2D eigenvalue weighted by molar-refractivity contribution is 6.33. The minimum absolute atomic E-state index is 0.0285. The number of nitrogens with one attached hydrogen (secondary N) is 2. The lowest BCUT2D eigenvalue weighted by Gasteiger charge is -2.19. The van der Waals surface area contributed by atoms with Crippen molar-refractivity contribution in [2.45, 2.75) is 6.54 Å². The van der Waals surface area contributed by atoms with Gasteiger partial charge in [0.1, 0.15) is 17.1 Å². The van der Waals surface area contributed by atoms with Crippen molar-refractivity contribution in [1.82, 2.24) is 0 Å². The first-order valence-electron chi connectivity index (χ1n) is 9.11. The van der Waals surface area contributed by atoms with Crippen LogP contribution in [0.1, 0.15) is 26.3 Å². The van der Waals surface area contributed by atoms with Gasteiger partial charge in [-0.2, -0.15) is 0 Å². The summed E-state index contributed by atoms with van der Waals surface area (Å²) in [6.45, 7) is 0.0285. The Morgan fingerprint density at radius 2 is 1.84 bits per heavy atom. The molecule has 0 bridgehead atoms. The van der Waals surface area contributed by atoms with Gasteiger partial charge >= 0.3 is 5.97 Å². The molecule has 0 saturated carbocycles. The van der Waals surface area contributed by atoms with Gasteiger partial charge in [-0.3, -0.25) is 14.4 Å². The van der Waals surface area contributed by atoms with Crippen LogP contribution in [0.5, 0.6) is 5.75 Å². The van der Waals surface area contributed by atoms with E-state index < -0.39 is 22.7 Å². The number of carbonyl (C=O) groups excluding carboxylic acids is 1. The maximum Gasteiger partial charge on any atom is 0.337 e. The van der Waals surface area contributed by atoms with Gasteiger partial charge in [-0.25, -0.2) is 4.79 Å². The van der Waals surface area contributed by atoms with Gasteiger partial charge in [0.05, 0.1) is 36.2 Å². The summed E-state index contributed by atoms with van der Waals surface area (Å²) in [5, 5.41) is 15.4. The van der Waals surface area contributed by atoms with Crippen molar-refractivity contribution in [3.63, 3.8) is 0 Å². The standard InChI is InChI=1S/C21H16ClN3O6/c1-23-16-17(19(27)18(16)26)24-13-6-5-12(22)11-8-25(20(28)15(11)13)14-7-9(31-2)3-4-10(14)21(29)30/h3-7,23-24H,8H2,1-2H3,(H,29,30). The summed E-state index contributed by atoms with van der Waals surface area (Å²) >= 11 is 6.32. The lowest BCUT2D eigenvalue weighted by atomic mass is 10.1. The number of nitrogens with zero attached hydrogens (tertiary/aromatic N) is 1. The Labute approximate surface area is 180 Å². The van der Waals surface area contributed by atoms with Crippen molar-refractivity contribution >= 4 is 46.2 Å². The minimum Gasteiger partial charge on any atom is -0.497 e. The number of aromatic carboxylic acids is 1. The zero-order chi connectivity index (χ0) is 22.4. The van der Waals surface area contributed by atoms with Gasteiger partial charge < -0.3 is 25.4 Å². The van der Waals surface area contributed by atoms with E-state index in [1.807, 2.05) is 0 Å². The zero-order valence-electron chi connectivity index (χ0n) is 16.4. The highest BCUT2D eigenvalue weighted by Crippen LogP contribution is 2.40. The topological polar surface area (TPSA) is 125 Å². The third-order valence-electron chi connectivity index (χ3n) is 5.18. The Bertz CT molecular complexity index is 1330. The van der Waals surface area contributed by atoms with E-state index in [1.165, 1.54) is 43.3 Å². The van der Waals surface area contributed by atoms with E-state index in [0.29, 0.717) is 16.3 Å². The van der Waals surface area contributed by atoms with Crippen LogP contribution >= 0.6 is 11.6 Å². The molecule has 0 aliphatic carbocycles. The molecule has 0 fully saturated rings. The number of hydrogen-bond acceptors (Lipinski definition) is 7. The van der Waals surface area contributed by atoms with E-state index in [9.17, 15) is 24.3 Å². The summed E-state index contributed by atoms with van der Waals surface area (Å²) in [6.07, 6.45) is 0. The van der Waals surface area contributed by atoms with E-state index in [1.54, 1.807) is 6.07 Å². The fourth-order valence-corrected chi connectivity index (χ4v) is 3.83. The molecule has 0 radical (unpaired) electrons. The fraction of sp³-hybridized carbons (Fsp3) is 0.143. The van der Waals surface area contributed by atoms with E-state index >= 15 is 0 Å². The second-order valence-corrected chi connectivity index (χ2v) is 7.22. The van der Waals surface area contributed by atoms with E-state index in [0.717, 1.165) is 0 Å². The number of rotatable bonds is 6. The molecule has 1 amide bonds. The van der Waals surface area contributed by atoms with Gasteiger partial charge in [0.2, 0.25) is 0 Å². The molecular formula is C21H16ClN3O6. The molecular weight excluding hydrogens is 426 g/mol. The minimum atomic E-state index is -1.20. The van der Waals surface area contributed by atoms with Crippen molar-refractivity contribution in [1.29, 1.82) is 0 Å². The number of anilines is 4. The van der Waals surface area contributed by atoms with Crippen LogP contribution in [0.4, 0.5) is 22.7 Å². The van der Waals surface area contributed by atoms with Gasteiger partial charge in [-0.1, -0.05) is 11.6 Å². The molecule has 10 heteroatoms. The Kier molecular flexibility index (Phi) is 4.90. The molecule has 3 N–H and O–H groups in total. The molecule has 1 heterocycles. The SMILES string of the molecule is CNc1c(Nc2ccc(Cl)c3c2C(=O)N(c2cc(OC)ccc2C(=O)O)C3)c(=O)c1=O. The maximum absolute atomic E-state index is 13.3. The number of carboxylic acid groups (broad SMARTS) is 1. The maximum atomic E-state index is 13.3. The lowest BCUT2D eigenvalue weighted by molar-refractivity contribution is 0.0697. The quantitative estimate of drug-likeness (QED) is 0.498. The van der Waals surface area contributed by atoms with Gasteiger partial charge in [0, 0.05) is 23.7 Å². The zero-order valence-corrected chi connectivity index (χ0v) is 17.2. The third-order valence-corrected chi connectivity index (χ3v) is 5.53. The summed E-state index contributed by atoms with van der Waals surface area (Å²) in [5.74, 6) is -1.32. The number of methoxy groups -OCH3 is 1. The molecule has 3 aromatic rings. The highest BCUT2D eigenvalue weighted by atomic mass is 35.5. The number of fused-ring (bicyclic) bond motifs is 1. The molecule has 4 rings (SSSR count). The van der Waals surface area contributed by atoms with E-state index in [4.69, 9.17) is 16.3 Å². The molecule has 0 spiro atoms. The monoisotopic (exact) mass is 441 g/mol. The molecule has 31 heavy (non-hydrogen) atoms. The van der Waals surface area contributed by atoms with Crippen LogP contribution in [0, 0.1) is 0 Å². The predicted molar refractivity (Wildman–Crippen MR) is 116 cm³/mol. The van der Waals surface area contributed by atoms with Gasteiger partial charge in [-0.05, 0) is 24.3 Å². The Balaban J connectivity index is 1.80. The largest absolute Gasteiger partial charge is 0.497 e. The molecule has 158 valence electrons. The van der Waals surface area contributed by atoms with Crippen LogP contribution in [0.15, 0.2) is 39.9 Å².